The highest BCUT2D eigenvalue weighted by Crippen LogP contribution is 2.15. The van der Waals surface area contributed by atoms with Crippen molar-refractivity contribution in [3.8, 4) is 0 Å². The third-order valence-corrected chi connectivity index (χ3v) is 4.50. The quantitative estimate of drug-likeness (QED) is 0.665. The number of nitrogens with zero attached hydrogens (tertiary/aromatic N) is 3. The second-order valence-electron chi connectivity index (χ2n) is 6.39. The number of benzene rings is 1. The molecule has 0 N–H and O–H groups in total. The smallest absolute Gasteiger partial charge is 0.338 e. The first-order valence-electron chi connectivity index (χ1n) is 8.65. The Morgan fingerprint density at radius 3 is 2.73 bits per heavy atom. The molecule has 132 valence electrons. The average Bonchev–Trinajstić information content (AvgIpc) is 3.26. The molecule has 4 rings (SSSR count). The molecule has 26 heavy (non-hydrogen) atoms. The second-order valence-corrected chi connectivity index (χ2v) is 6.39. The zero-order chi connectivity index (χ0) is 17.9. The van der Waals surface area contributed by atoms with Gasteiger partial charge in [0, 0.05) is 31.9 Å². The number of aromatic nitrogens is 2. The van der Waals surface area contributed by atoms with Gasteiger partial charge in [-0.25, -0.2) is 9.78 Å². The fourth-order valence-electron chi connectivity index (χ4n) is 3.12. The van der Waals surface area contributed by atoms with E-state index in [1.165, 1.54) is 0 Å². The van der Waals surface area contributed by atoms with Gasteiger partial charge < -0.3 is 14.0 Å². The molecule has 1 aromatic carbocycles. The number of likely N-dealkylation sites (tertiary alicyclic amines) is 1. The predicted molar refractivity (Wildman–Crippen MR) is 95.4 cm³/mol. The van der Waals surface area contributed by atoms with E-state index in [1.807, 2.05) is 52.0 Å². The van der Waals surface area contributed by atoms with Gasteiger partial charge in [-0.3, -0.25) is 4.79 Å². The van der Waals surface area contributed by atoms with Crippen LogP contribution in [0.1, 0.15) is 34.5 Å². The molecule has 1 saturated heterocycles. The van der Waals surface area contributed by atoms with Crippen LogP contribution < -0.4 is 0 Å². The fourth-order valence-corrected chi connectivity index (χ4v) is 3.12. The predicted octanol–water partition coefficient (Wildman–Crippen LogP) is 2.81. The van der Waals surface area contributed by atoms with E-state index >= 15 is 0 Å². The Hall–Kier alpha value is -3.15. The molecule has 1 aliphatic heterocycles. The highest BCUT2D eigenvalue weighted by molar-refractivity contribution is 5.89. The number of hydrogen-bond acceptors (Lipinski definition) is 4. The maximum Gasteiger partial charge on any atom is 0.338 e. The monoisotopic (exact) mass is 349 g/mol. The number of rotatable bonds is 5. The zero-order valence-corrected chi connectivity index (χ0v) is 14.3. The van der Waals surface area contributed by atoms with Crippen molar-refractivity contribution in [2.45, 2.75) is 26.0 Å². The van der Waals surface area contributed by atoms with Crippen molar-refractivity contribution in [1.29, 1.82) is 0 Å². The molecule has 0 atom stereocenters. The largest absolute Gasteiger partial charge is 0.456 e. The number of amides is 1. The van der Waals surface area contributed by atoms with Gasteiger partial charge in [0.1, 0.15) is 12.3 Å². The van der Waals surface area contributed by atoms with Gasteiger partial charge in [0.2, 0.25) is 5.91 Å². The van der Waals surface area contributed by atoms with Crippen LogP contribution in [0.3, 0.4) is 0 Å². The van der Waals surface area contributed by atoms with Gasteiger partial charge in [-0.05, 0) is 36.2 Å². The molecule has 0 radical (unpaired) electrons. The summed E-state index contributed by atoms with van der Waals surface area (Å²) in [5.74, 6) is -0.188. The summed E-state index contributed by atoms with van der Waals surface area (Å²) in [6.07, 6.45) is 5.30. The molecule has 0 saturated carbocycles. The minimum absolute atomic E-state index is 0.130. The molecule has 1 aliphatic rings. The third-order valence-electron chi connectivity index (χ3n) is 4.50. The molecule has 0 spiro atoms. The summed E-state index contributed by atoms with van der Waals surface area (Å²) in [4.78, 5) is 30.2. The number of hydrogen-bond donors (Lipinski definition) is 0. The minimum atomic E-state index is -0.383. The van der Waals surface area contributed by atoms with E-state index in [0.717, 1.165) is 24.2 Å². The van der Waals surface area contributed by atoms with Gasteiger partial charge >= 0.3 is 5.97 Å². The Balaban J connectivity index is 1.36. The van der Waals surface area contributed by atoms with Gasteiger partial charge in [0.25, 0.3) is 0 Å². The fraction of sp³-hybridized carbons (Fsp3) is 0.250. The molecular formula is C20H19N3O3. The van der Waals surface area contributed by atoms with Gasteiger partial charge in [-0.1, -0.05) is 18.2 Å². The SMILES string of the molecule is O=C(OCc1cn2ccccc2n1)c1ccc(CN2CCCC2=O)cc1. The topological polar surface area (TPSA) is 63.9 Å². The number of imidazole rings is 1. The highest BCUT2D eigenvalue weighted by Gasteiger charge is 2.20. The molecular weight excluding hydrogens is 330 g/mol. The molecule has 0 aliphatic carbocycles. The molecule has 0 bridgehead atoms. The number of ether oxygens (including phenoxy) is 1. The Kier molecular flexibility index (Phi) is 4.39. The van der Waals surface area contributed by atoms with E-state index in [1.54, 1.807) is 12.1 Å². The van der Waals surface area contributed by atoms with Crippen LogP contribution in [-0.2, 0) is 22.7 Å². The lowest BCUT2D eigenvalue weighted by Gasteiger charge is -2.15. The molecule has 6 nitrogen and oxygen atoms in total. The molecule has 0 unspecified atom stereocenters. The molecule has 6 heteroatoms. The summed E-state index contributed by atoms with van der Waals surface area (Å²) >= 11 is 0. The lowest BCUT2D eigenvalue weighted by atomic mass is 10.1. The second kappa shape index (κ2) is 7.00. The number of fused-ring (bicyclic) bond motifs is 1. The van der Waals surface area contributed by atoms with Crippen molar-refractivity contribution in [2.24, 2.45) is 0 Å². The van der Waals surface area contributed by atoms with Crippen molar-refractivity contribution in [2.75, 3.05) is 6.54 Å². The molecule has 1 fully saturated rings. The van der Waals surface area contributed by atoms with E-state index in [2.05, 4.69) is 4.98 Å². The van der Waals surface area contributed by atoms with Crippen LogP contribution in [0.25, 0.3) is 5.65 Å². The number of carbonyl (C=O) groups is 2. The van der Waals surface area contributed by atoms with Gasteiger partial charge in [-0.15, -0.1) is 0 Å². The summed E-state index contributed by atoms with van der Waals surface area (Å²) < 4.78 is 7.24. The first kappa shape index (κ1) is 16.3. The zero-order valence-electron chi connectivity index (χ0n) is 14.3. The molecule has 3 aromatic rings. The normalized spacial score (nSPS) is 14.2. The van der Waals surface area contributed by atoms with Crippen LogP contribution >= 0.6 is 0 Å². The Bertz CT molecular complexity index is 913. The Morgan fingerprint density at radius 1 is 1.15 bits per heavy atom. The summed E-state index contributed by atoms with van der Waals surface area (Å²) in [5.41, 5.74) is 3.02. The summed E-state index contributed by atoms with van der Waals surface area (Å²) in [7, 11) is 0. The van der Waals surface area contributed by atoms with Crippen LogP contribution in [0.15, 0.2) is 54.9 Å². The average molecular weight is 349 g/mol. The standard InChI is InChI=1S/C20H19N3O3/c24-19-5-3-11-23(19)12-15-6-8-16(9-7-15)20(25)26-14-17-13-22-10-2-1-4-18(22)21-17/h1-2,4,6-10,13H,3,5,11-12,14H2. The maximum absolute atomic E-state index is 12.2. The number of pyridine rings is 1. The van der Waals surface area contributed by atoms with Crippen molar-refractivity contribution >= 4 is 17.5 Å². The van der Waals surface area contributed by atoms with Gasteiger partial charge in [0.15, 0.2) is 0 Å². The Labute approximate surface area is 151 Å². The Morgan fingerprint density at radius 2 is 2.00 bits per heavy atom. The van der Waals surface area contributed by atoms with Gasteiger partial charge in [0.05, 0.1) is 11.3 Å². The van der Waals surface area contributed by atoms with Crippen LogP contribution in [0.4, 0.5) is 0 Å². The summed E-state index contributed by atoms with van der Waals surface area (Å²) in [6, 6.07) is 12.9. The van der Waals surface area contributed by atoms with E-state index < -0.39 is 0 Å². The van der Waals surface area contributed by atoms with Crippen LogP contribution in [-0.4, -0.2) is 32.7 Å². The van der Waals surface area contributed by atoms with Crippen molar-refractivity contribution in [3.63, 3.8) is 0 Å². The number of carbonyl (C=O) groups excluding carboxylic acids is 2. The van der Waals surface area contributed by atoms with Crippen LogP contribution in [0.2, 0.25) is 0 Å². The van der Waals surface area contributed by atoms with E-state index in [9.17, 15) is 9.59 Å². The van der Waals surface area contributed by atoms with Gasteiger partial charge in [-0.2, -0.15) is 0 Å². The third kappa shape index (κ3) is 3.44. The highest BCUT2D eigenvalue weighted by atomic mass is 16.5. The lowest BCUT2D eigenvalue weighted by Crippen LogP contribution is -2.23. The minimum Gasteiger partial charge on any atom is -0.456 e. The number of esters is 1. The van der Waals surface area contributed by atoms with Crippen LogP contribution in [0, 0.1) is 0 Å². The van der Waals surface area contributed by atoms with E-state index in [0.29, 0.717) is 24.2 Å². The first-order chi connectivity index (χ1) is 12.7. The van der Waals surface area contributed by atoms with E-state index in [4.69, 9.17) is 4.74 Å². The summed E-state index contributed by atoms with van der Waals surface area (Å²) in [6.45, 7) is 1.53. The molecule has 3 heterocycles. The van der Waals surface area contributed by atoms with Crippen molar-refractivity contribution in [3.05, 3.63) is 71.7 Å². The van der Waals surface area contributed by atoms with Crippen molar-refractivity contribution < 1.29 is 14.3 Å². The molecule has 1 amide bonds. The van der Waals surface area contributed by atoms with Crippen LogP contribution in [0.5, 0.6) is 0 Å². The maximum atomic E-state index is 12.2. The van der Waals surface area contributed by atoms with E-state index in [-0.39, 0.29) is 18.5 Å². The molecule has 2 aromatic heterocycles. The van der Waals surface area contributed by atoms with Crippen molar-refractivity contribution in [1.82, 2.24) is 14.3 Å². The lowest BCUT2D eigenvalue weighted by molar-refractivity contribution is -0.128. The first-order valence-corrected chi connectivity index (χ1v) is 8.65. The summed E-state index contributed by atoms with van der Waals surface area (Å²) in [5, 5.41) is 0.